The Kier molecular flexibility index (Phi) is 16.9. The average Bonchev–Trinajstić information content (AvgIpc) is 3.74. The molecular weight excluding hydrogens is 943 g/mol. The van der Waals surface area contributed by atoms with Crippen molar-refractivity contribution in [2.24, 2.45) is 5.92 Å². The molecule has 1 unspecified atom stereocenters. The Bertz CT molecular complexity index is 2840. The Balaban J connectivity index is 0.874. The summed E-state index contributed by atoms with van der Waals surface area (Å²) >= 11 is 3.83. The van der Waals surface area contributed by atoms with Crippen molar-refractivity contribution in [2.45, 2.75) is 66.5 Å². The summed E-state index contributed by atoms with van der Waals surface area (Å²) in [6, 6.07) is 81.1. The standard InChI is InChI=1S/C67H69N3O2S2/c1-2-63(71)65-61(53-39-38-51-24-21-22-25-52(51)48-53)49-60-40-41-62(65)70(60)44-23-43-69(45-47-74-67(57-32-15-6-16-33-57,58-34-17-7-18-35-58)59-36-19-8-20-37-59)50-64(72)68-42-46-73-66(54-26-9-3-10-27-54,55-28-11-4-12-29-55)56-30-13-5-14-31-56/h3-22,24-39,48,60-62,65H,2,23,40-47,49-50H2,1H3,(H,68,72)/t60?,61-,62-,65+/m1/s1. The maximum atomic E-state index is 14.4. The minimum absolute atomic E-state index is 0.0115. The second kappa shape index (κ2) is 24.4. The van der Waals surface area contributed by atoms with E-state index in [2.05, 4.69) is 240 Å². The van der Waals surface area contributed by atoms with Crippen LogP contribution in [-0.2, 0) is 19.1 Å². The summed E-state index contributed by atoms with van der Waals surface area (Å²) in [4.78, 5) is 33.5. The number of piperidine rings is 1. The first-order chi connectivity index (χ1) is 36.5. The van der Waals surface area contributed by atoms with Gasteiger partial charge in [0.1, 0.15) is 5.78 Å². The van der Waals surface area contributed by atoms with Crippen molar-refractivity contribution in [2.75, 3.05) is 44.2 Å². The summed E-state index contributed by atoms with van der Waals surface area (Å²) in [5.41, 5.74) is 8.66. The van der Waals surface area contributed by atoms with Crippen LogP contribution in [0.2, 0.25) is 0 Å². The molecule has 8 aromatic carbocycles. The van der Waals surface area contributed by atoms with Crippen LogP contribution in [0.5, 0.6) is 0 Å². The van der Waals surface area contributed by atoms with Crippen molar-refractivity contribution in [3.63, 3.8) is 0 Å². The van der Waals surface area contributed by atoms with Gasteiger partial charge in [0.2, 0.25) is 5.91 Å². The van der Waals surface area contributed by atoms with E-state index in [1.165, 1.54) is 49.7 Å². The normalized spacial score (nSPS) is 17.9. The Hall–Kier alpha value is -6.22. The predicted octanol–water partition coefficient (Wildman–Crippen LogP) is 14.0. The van der Waals surface area contributed by atoms with E-state index >= 15 is 0 Å². The van der Waals surface area contributed by atoms with E-state index in [0.29, 0.717) is 31.3 Å². The lowest BCUT2D eigenvalue weighted by atomic mass is 9.73. The highest BCUT2D eigenvalue weighted by Gasteiger charge is 2.49. The van der Waals surface area contributed by atoms with Gasteiger partial charge in [0.15, 0.2) is 0 Å². The summed E-state index contributed by atoms with van der Waals surface area (Å²) in [7, 11) is 0. The van der Waals surface area contributed by atoms with Gasteiger partial charge >= 0.3 is 0 Å². The number of carbonyl (C=O) groups is 2. The maximum Gasteiger partial charge on any atom is 0.234 e. The molecule has 0 saturated carbocycles. The van der Waals surface area contributed by atoms with Gasteiger partial charge in [-0.15, -0.1) is 23.5 Å². The molecule has 2 aliphatic heterocycles. The van der Waals surface area contributed by atoms with Gasteiger partial charge in [-0.1, -0.05) is 231 Å². The number of carbonyl (C=O) groups excluding carboxylic acids is 2. The van der Waals surface area contributed by atoms with Gasteiger partial charge in [-0.3, -0.25) is 19.4 Å². The molecule has 2 bridgehead atoms. The Morgan fingerprint density at radius 2 is 1.01 bits per heavy atom. The second-order valence-corrected chi connectivity index (χ2v) is 22.7. The zero-order chi connectivity index (χ0) is 50.6. The fraction of sp³-hybridized carbons (Fsp3) is 0.284. The van der Waals surface area contributed by atoms with Crippen LogP contribution in [0.15, 0.2) is 224 Å². The molecule has 1 N–H and O–H groups in total. The minimum atomic E-state index is -0.454. The molecule has 0 spiro atoms. The highest BCUT2D eigenvalue weighted by Crippen LogP contribution is 2.51. The van der Waals surface area contributed by atoms with Crippen LogP contribution in [0, 0.1) is 5.92 Å². The van der Waals surface area contributed by atoms with E-state index in [9.17, 15) is 9.59 Å². The maximum absolute atomic E-state index is 14.4. The van der Waals surface area contributed by atoms with Crippen LogP contribution in [-0.4, -0.2) is 77.8 Å². The highest BCUT2D eigenvalue weighted by molar-refractivity contribution is 8.00. The number of fused-ring (bicyclic) bond motifs is 3. The number of hydrogen-bond acceptors (Lipinski definition) is 6. The molecule has 0 radical (unpaired) electrons. The van der Waals surface area contributed by atoms with Gasteiger partial charge in [0.05, 0.1) is 16.0 Å². The third-order valence-electron chi connectivity index (χ3n) is 15.8. The first-order valence-electron chi connectivity index (χ1n) is 26.8. The van der Waals surface area contributed by atoms with Gasteiger partial charge in [-0.05, 0) is 94.4 Å². The smallest absolute Gasteiger partial charge is 0.234 e. The predicted molar refractivity (Wildman–Crippen MR) is 311 cm³/mol. The molecule has 0 aromatic heterocycles. The lowest BCUT2D eigenvalue weighted by Gasteiger charge is -2.44. The number of rotatable bonds is 23. The molecule has 8 aromatic rings. The molecule has 10 rings (SSSR count). The fourth-order valence-corrected chi connectivity index (χ4v) is 15.4. The van der Waals surface area contributed by atoms with Crippen LogP contribution in [0.3, 0.4) is 0 Å². The Morgan fingerprint density at radius 1 is 0.554 bits per heavy atom. The fourth-order valence-electron chi connectivity index (χ4n) is 12.4. The largest absolute Gasteiger partial charge is 0.354 e. The molecule has 0 aliphatic carbocycles. The minimum Gasteiger partial charge on any atom is -0.354 e. The second-order valence-electron chi connectivity index (χ2n) is 20.1. The Labute approximate surface area is 448 Å². The number of amides is 1. The van der Waals surface area contributed by atoms with Crippen molar-refractivity contribution >= 4 is 46.0 Å². The van der Waals surface area contributed by atoms with Gasteiger partial charge in [0.25, 0.3) is 0 Å². The molecule has 2 fully saturated rings. The molecule has 4 atom stereocenters. The molecule has 1 amide bonds. The highest BCUT2D eigenvalue weighted by atomic mass is 32.2. The summed E-state index contributed by atoms with van der Waals surface area (Å²) in [5, 5.41) is 5.88. The summed E-state index contributed by atoms with van der Waals surface area (Å²) in [6.07, 6.45) is 4.68. The average molecular weight is 1010 g/mol. The molecule has 74 heavy (non-hydrogen) atoms. The number of nitrogens with zero attached hydrogens (tertiary/aromatic N) is 2. The quantitative estimate of drug-likeness (QED) is 0.0509. The van der Waals surface area contributed by atoms with Gasteiger partial charge in [-0.25, -0.2) is 0 Å². The first-order valence-corrected chi connectivity index (χ1v) is 28.8. The molecule has 2 heterocycles. The van der Waals surface area contributed by atoms with E-state index in [4.69, 9.17) is 0 Å². The number of Topliss-reactive ketones (excluding diaryl/α,β-unsaturated/α-hetero) is 1. The van der Waals surface area contributed by atoms with Crippen LogP contribution in [0.25, 0.3) is 10.8 Å². The molecule has 7 heteroatoms. The molecule has 2 aliphatic rings. The van der Waals surface area contributed by atoms with E-state index in [1.54, 1.807) is 0 Å². The zero-order valence-corrected chi connectivity index (χ0v) is 44.3. The molecule has 5 nitrogen and oxygen atoms in total. The number of hydrogen-bond donors (Lipinski definition) is 1. The number of benzene rings is 8. The van der Waals surface area contributed by atoms with E-state index < -0.39 is 9.49 Å². The zero-order valence-electron chi connectivity index (χ0n) is 42.7. The number of ketones is 1. The van der Waals surface area contributed by atoms with Crippen LogP contribution >= 0.6 is 23.5 Å². The third-order valence-corrected chi connectivity index (χ3v) is 18.9. The summed E-state index contributed by atoms with van der Waals surface area (Å²) < 4.78 is -0.905. The van der Waals surface area contributed by atoms with E-state index in [0.717, 1.165) is 56.8 Å². The third kappa shape index (κ3) is 11.1. The lowest BCUT2D eigenvalue weighted by molar-refractivity contribution is -0.127. The van der Waals surface area contributed by atoms with Crippen molar-refractivity contribution in [1.82, 2.24) is 15.1 Å². The van der Waals surface area contributed by atoms with Crippen LogP contribution in [0.4, 0.5) is 0 Å². The number of thioether (sulfide) groups is 2. The Morgan fingerprint density at radius 3 is 1.50 bits per heavy atom. The summed E-state index contributed by atoms with van der Waals surface area (Å²) in [5.74, 6) is 2.19. The van der Waals surface area contributed by atoms with Crippen molar-refractivity contribution in [3.8, 4) is 0 Å². The van der Waals surface area contributed by atoms with E-state index in [-0.39, 0.29) is 23.8 Å². The molecule has 376 valence electrons. The first kappa shape index (κ1) is 51.3. The number of nitrogens with one attached hydrogen (secondary N) is 1. The monoisotopic (exact) mass is 1010 g/mol. The SMILES string of the molecule is CCC(=O)[C@H]1[C@@H](c2ccc3ccccc3c2)CC2CC[C@H]1N2CCCN(CCSC(c1ccccc1)(c1ccccc1)c1ccccc1)CC(=O)NCCSC(c1ccccc1)(c1ccccc1)c1ccccc1. The van der Waals surface area contributed by atoms with E-state index in [1.807, 2.05) is 30.4 Å². The molecular formula is C67H69N3O2S2. The van der Waals surface area contributed by atoms with Crippen molar-refractivity contribution in [3.05, 3.63) is 263 Å². The van der Waals surface area contributed by atoms with Crippen LogP contribution in [0.1, 0.15) is 83.9 Å². The topological polar surface area (TPSA) is 52.7 Å². The van der Waals surface area contributed by atoms with Gasteiger partial charge < -0.3 is 5.32 Å². The van der Waals surface area contributed by atoms with Crippen LogP contribution < -0.4 is 5.32 Å². The lowest BCUT2D eigenvalue weighted by Crippen LogP contribution is -2.51. The van der Waals surface area contributed by atoms with Gasteiger partial charge in [0, 0.05) is 49.0 Å². The van der Waals surface area contributed by atoms with Crippen molar-refractivity contribution < 1.29 is 9.59 Å². The van der Waals surface area contributed by atoms with Gasteiger partial charge in [-0.2, -0.15) is 0 Å². The summed E-state index contributed by atoms with van der Waals surface area (Å²) in [6.45, 7) is 5.34. The molecule has 2 saturated heterocycles. The van der Waals surface area contributed by atoms with Crippen molar-refractivity contribution in [1.29, 1.82) is 0 Å².